The largest absolute Gasteiger partial charge is 0.328 e. The van der Waals surface area contributed by atoms with Gasteiger partial charge in [-0.3, -0.25) is 0 Å². The first-order valence-electron chi connectivity index (χ1n) is 6.97. The maximum absolute atomic E-state index is 6.60. The molecule has 0 unspecified atom stereocenters. The van der Waals surface area contributed by atoms with Crippen molar-refractivity contribution in [3.8, 4) is 0 Å². The zero-order valence-electron chi connectivity index (χ0n) is 11.9. The van der Waals surface area contributed by atoms with Crippen molar-refractivity contribution in [2.24, 2.45) is 11.5 Å². The van der Waals surface area contributed by atoms with Gasteiger partial charge in [-0.2, -0.15) is 0 Å². The second kappa shape index (κ2) is 4.67. The molecule has 2 rings (SSSR count). The minimum Gasteiger partial charge on any atom is -0.328 e. The lowest BCUT2D eigenvalue weighted by atomic mass is 9.74. The first kappa shape index (κ1) is 13.6. The lowest BCUT2D eigenvalue weighted by Crippen LogP contribution is -2.43. The van der Waals surface area contributed by atoms with E-state index in [1.807, 2.05) is 0 Å². The number of benzene rings is 1. The van der Waals surface area contributed by atoms with Gasteiger partial charge in [0.1, 0.15) is 0 Å². The van der Waals surface area contributed by atoms with Crippen molar-refractivity contribution in [2.75, 3.05) is 0 Å². The molecular formula is C16H26N2. The maximum Gasteiger partial charge on any atom is 0.0410 e. The molecule has 0 bridgehead atoms. The summed E-state index contributed by atoms with van der Waals surface area (Å²) in [5.74, 6) is 0. The highest BCUT2D eigenvalue weighted by atomic mass is 14.8. The van der Waals surface area contributed by atoms with Crippen LogP contribution in [0, 0.1) is 0 Å². The number of hydrogen-bond acceptors (Lipinski definition) is 2. The van der Waals surface area contributed by atoms with E-state index >= 15 is 0 Å². The van der Waals surface area contributed by atoms with Crippen molar-refractivity contribution in [1.29, 1.82) is 0 Å². The van der Waals surface area contributed by atoms with Gasteiger partial charge in [0, 0.05) is 11.6 Å². The fraction of sp³-hybridized carbons (Fsp3) is 0.625. The molecule has 4 N–H and O–H groups in total. The van der Waals surface area contributed by atoms with Crippen LogP contribution in [-0.4, -0.2) is 6.04 Å². The van der Waals surface area contributed by atoms with Crippen LogP contribution in [-0.2, 0) is 11.0 Å². The second-order valence-corrected chi connectivity index (χ2v) is 6.82. The van der Waals surface area contributed by atoms with Gasteiger partial charge in [0.05, 0.1) is 0 Å². The van der Waals surface area contributed by atoms with Gasteiger partial charge in [-0.15, -0.1) is 0 Å². The molecule has 0 aliphatic heterocycles. The molecule has 1 aliphatic rings. The monoisotopic (exact) mass is 246 g/mol. The second-order valence-electron chi connectivity index (χ2n) is 6.82. The quantitative estimate of drug-likeness (QED) is 0.800. The van der Waals surface area contributed by atoms with E-state index in [1.54, 1.807) is 0 Å². The molecule has 0 atom stereocenters. The van der Waals surface area contributed by atoms with Crippen LogP contribution in [0.25, 0.3) is 0 Å². The normalized spacial score (nSPS) is 29.3. The minimum atomic E-state index is -0.170. The topological polar surface area (TPSA) is 52.0 Å². The average molecular weight is 246 g/mol. The zero-order valence-corrected chi connectivity index (χ0v) is 11.9. The molecule has 100 valence electrons. The molecule has 0 saturated heterocycles. The molecule has 0 spiro atoms. The van der Waals surface area contributed by atoms with Crippen molar-refractivity contribution in [1.82, 2.24) is 0 Å². The highest BCUT2D eigenvalue weighted by Crippen LogP contribution is 2.36. The predicted octanol–water partition coefficient (Wildman–Crippen LogP) is 3.04. The molecule has 2 heteroatoms. The Bertz CT molecular complexity index is 409. The summed E-state index contributed by atoms with van der Waals surface area (Å²) in [6, 6.07) is 9.14. The van der Waals surface area contributed by atoms with Gasteiger partial charge < -0.3 is 11.5 Å². The predicted molar refractivity (Wildman–Crippen MR) is 77.5 cm³/mol. The summed E-state index contributed by atoms with van der Waals surface area (Å²) in [7, 11) is 0. The Labute approximate surface area is 111 Å². The average Bonchev–Trinajstić information content (AvgIpc) is 2.32. The fourth-order valence-electron chi connectivity index (χ4n) is 2.74. The number of hydrogen-bond donors (Lipinski definition) is 2. The van der Waals surface area contributed by atoms with E-state index < -0.39 is 0 Å². The molecule has 1 saturated carbocycles. The fourth-order valence-corrected chi connectivity index (χ4v) is 2.74. The van der Waals surface area contributed by atoms with Crippen LogP contribution in [0.1, 0.15) is 57.6 Å². The first-order chi connectivity index (χ1) is 8.31. The van der Waals surface area contributed by atoms with Crippen LogP contribution < -0.4 is 11.5 Å². The van der Waals surface area contributed by atoms with Crippen LogP contribution in [0.15, 0.2) is 24.3 Å². The Kier molecular flexibility index (Phi) is 3.52. The van der Waals surface area contributed by atoms with Crippen molar-refractivity contribution >= 4 is 0 Å². The maximum atomic E-state index is 6.60. The molecular weight excluding hydrogens is 220 g/mol. The van der Waals surface area contributed by atoms with Gasteiger partial charge in [-0.05, 0) is 42.2 Å². The number of nitrogens with two attached hydrogens (primary N) is 2. The van der Waals surface area contributed by atoms with E-state index in [2.05, 4.69) is 45.0 Å². The van der Waals surface area contributed by atoms with Gasteiger partial charge in [-0.1, -0.05) is 45.0 Å². The summed E-state index contributed by atoms with van der Waals surface area (Å²) in [6.07, 6.45) is 4.08. The van der Waals surface area contributed by atoms with Gasteiger partial charge >= 0.3 is 0 Å². The Balaban J connectivity index is 2.28. The molecule has 1 aromatic rings. The molecule has 1 aromatic carbocycles. The van der Waals surface area contributed by atoms with E-state index in [1.165, 1.54) is 11.1 Å². The van der Waals surface area contributed by atoms with E-state index in [9.17, 15) is 0 Å². The third kappa shape index (κ3) is 2.76. The Morgan fingerprint density at radius 3 is 2.33 bits per heavy atom. The third-order valence-corrected chi connectivity index (χ3v) is 4.23. The molecule has 1 aliphatic carbocycles. The highest BCUT2D eigenvalue weighted by Gasteiger charge is 2.32. The van der Waals surface area contributed by atoms with Gasteiger partial charge in [0.2, 0.25) is 0 Å². The minimum absolute atomic E-state index is 0.170. The number of rotatable bonds is 1. The Morgan fingerprint density at radius 2 is 1.78 bits per heavy atom. The van der Waals surface area contributed by atoms with Crippen LogP contribution in [0.5, 0.6) is 0 Å². The Hall–Kier alpha value is -0.860. The SMILES string of the molecule is CC(C)(C)c1cccc(C2(N)CCC(N)CC2)c1. The summed E-state index contributed by atoms with van der Waals surface area (Å²) < 4.78 is 0. The summed E-state index contributed by atoms with van der Waals surface area (Å²) in [6.45, 7) is 6.73. The van der Waals surface area contributed by atoms with Crippen molar-refractivity contribution < 1.29 is 0 Å². The molecule has 1 fully saturated rings. The summed E-state index contributed by atoms with van der Waals surface area (Å²) in [5, 5.41) is 0. The lowest BCUT2D eigenvalue weighted by Gasteiger charge is -2.37. The van der Waals surface area contributed by atoms with Gasteiger partial charge in [0.25, 0.3) is 0 Å². The first-order valence-corrected chi connectivity index (χ1v) is 6.97. The zero-order chi connectivity index (χ0) is 13.4. The molecule has 0 amide bonds. The van der Waals surface area contributed by atoms with E-state index in [4.69, 9.17) is 11.5 Å². The van der Waals surface area contributed by atoms with Crippen molar-refractivity contribution in [3.63, 3.8) is 0 Å². The third-order valence-electron chi connectivity index (χ3n) is 4.23. The van der Waals surface area contributed by atoms with Gasteiger partial charge in [0.15, 0.2) is 0 Å². The van der Waals surface area contributed by atoms with Crippen molar-refractivity contribution in [2.45, 2.75) is 63.5 Å². The summed E-state index contributed by atoms with van der Waals surface area (Å²) in [4.78, 5) is 0. The summed E-state index contributed by atoms with van der Waals surface area (Å²) >= 11 is 0. The van der Waals surface area contributed by atoms with Crippen LogP contribution in [0.3, 0.4) is 0 Å². The smallest absolute Gasteiger partial charge is 0.0410 e. The summed E-state index contributed by atoms with van der Waals surface area (Å²) in [5.41, 5.74) is 15.2. The van der Waals surface area contributed by atoms with Crippen LogP contribution in [0.4, 0.5) is 0 Å². The molecule has 2 nitrogen and oxygen atoms in total. The van der Waals surface area contributed by atoms with Crippen LogP contribution >= 0.6 is 0 Å². The standard InChI is InChI=1S/C16H26N2/c1-15(2,3)12-5-4-6-13(11-12)16(18)9-7-14(17)8-10-16/h4-6,11,14H,7-10,17-18H2,1-3H3. The Morgan fingerprint density at radius 1 is 1.17 bits per heavy atom. The highest BCUT2D eigenvalue weighted by molar-refractivity contribution is 5.33. The van der Waals surface area contributed by atoms with E-state index in [0.717, 1.165) is 25.7 Å². The van der Waals surface area contributed by atoms with Gasteiger partial charge in [-0.25, -0.2) is 0 Å². The van der Waals surface area contributed by atoms with Crippen molar-refractivity contribution in [3.05, 3.63) is 35.4 Å². The molecule has 0 aromatic heterocycles. The molecule has 0 heterocycles. The van der Waals surface area contributed by atoms with E-state index in [0.29, 0.717) is 6.04 Å². The molecule has 18 heavy (non-hydrogen) atoms. The molecule has 0 radical (unpaired) electrons. The van der Waals surface area contributed by atoms with E-state index in [-0.39, 0.29) is 11.0 Å². The lowest BCUT2D eigenvalue weighted by molar-refractivity contribution is 0.277. The van der Waals surface area contributed by atoms with Crippen LogP contribution in [0.2, 0.25) is 0 Å².